The Morgan fingerprint density at radius 3 is 3.00 bits per heavy atom. The molecule has 1 aromatic carbocycles. The number of nitrogens with one attached hydrogen (secondary N) is 1. The molecule has 2 rings (SSSR count). The average Bonchev–Trinajstić information content (AvgIpc) is 2.69. The predicted molar refractivity (Wildman–Crippen MR) is 64.7 cm³/mol. The first kappa shape index (κ1) is 12.4. The Morgan fingerprint density at radius 1 is 1.59 bits per heavy atom. The Balaban J connectivity index is 2.06. The van der Waals surface area contributed by atoms with E-state index in [1.54, 1.807) is 0 Å². The maximum atomic E-state index is 13.2. The van der Waals surface area contributed by atoms with Gasteiger partial charge in [-0.2, -0.15) is 0 Å². The molecule has 4 nitrogen and oxygen atoms in total. The van der Waals surface area contributed by atoms with E-state index in [4.69, 9.17) is 22.1 Å². The minimum Gasteiger partial charge on any atom is -0.397 e. The number of hydrogen-bond donors (Lipinski definition) is 3. The summed E-state index contributed by atoms with van der Waals surface area (Å²) in [5, 5.41) is 12.9. The Hall–Kier alpha value is -1.04. The average molecular weight is 261 g/mol. The van der Waals surface area contributed by atoms with E-state index >= 15 is 0 Å². The molecule has 1 aliphatic rings. The number of aliphatic hydroxyl groups is 1. The van der Waals surface area contributed by atoms with Crippen molar-refractivity contribution < 1.29 is 14.2 Å². The molecular formula is C11H14ClFN2O2. The molecule has 6 heteroatoms. The van der Waals surface area contributed by atoms with E-state index in [1.807, 2.05) is 0 Å². The summed E-state index contributed by atoms with van der Waals surface area (Å²) in [6.45, 7) is 1.07. The van der Waals surface area contributed by atoms with Crippen molar-refractivity contribution in [2.24, 2.45) is 0 Å². The van der Waals surface area contributed by atoms with Crippen LogP contribution in [0.25, 0.3) is 0 Å². The molecule has 0 aromatic heterocycles. The molecule has 0 aliphatic carbocycles. The lowest BCUT2D eigenvalue weighted by Crippen LogP contribution is -2.37. The minimum atomic E-state index is -0.914. The lowest BCUT2D eigenvalue weighted by Gasteiger charge is -2.22. The maximum Gasteiger partial charge on any atom is 0.143 e. The molecule has 0 radical (unpaired) electrons. The second-order valence-corrected chi connectivity index (χ2v) is 4.64. The number of benzene rings is 1. The third-order valence-electron chi connectivity index (χ3n) is 2.78. The second kappa shape index (κ2) is 4.68. The molecule has 1 fully saturated rings. The normalized spacial score (nSPS) is 23.9. The summed E-state index contributed by atoms with van der Waals surface area (Å²) in [6, 6.07) is 2.56. The largest absolute Gasteiger partial charge is 0.397 e. The Kier molecular flexibility index (Phi) is 3.42. The first-order valence-electron chi connectivity index (χ1n) is 5.29. The molecule has 1 saturated heterocycles. The molecule has 1 aliphatic heterocycles. The van der Waals surface area contributed by atoms with Gasteiger partial charge in [0.1, 0.15) is 11.4 Å². The zero-order chi connectivity index (χ0) is 12.5. The van der Waals surface area contributed by atoms with Crippen LogP contribution in [-0.4, -0.2) is 30.5 Å². The van der Waals surface area contributed by atoms with E-state index < -0.39 is 11.4 Å². The third kappa shape index (κ3) is 2.80. The van der Waals surface area contributed by atoms with Gasteiger partial charge in [0.15, 0.2) is 0 Å². The summed E-state index contributed by atoms with van der Waals surface area (Å²) in [5.74, 6) is -0.543. The summed E-state index contributed by atoms with van der Waals surface area (Å²) < 4.78 is 18.3. The number of halogens is 2. The highest BCUT2D eigenvalue weighted by Gasteiger charge is 2.32. The fourth-order valence-electron chi connectivity index (χ4n) is 1.71. The van der Waals surface area contributed by atoms with Crippen LogP contribution in [0.5, 0.6) is 0 Å². The molecule has 0 spiro atoms. The monoisotopic (exact) mass is 260 g/mol. The number of ether oxygens (including phenoxy) is 1. The highest BCUT2D eigenvalue weighted by atomic mass is 35.5. The number of anilines is 2. The molecule has 94 valence electrons. The molecule has 1 heterocycles. The van der Waals surface area contributed by atoms with E-state index in [2.05, 4.69) is 5.32 Å². The van der Waals surface area contributed by atoms with Gasteiger partial charge in [0.2, 0.25) is 0 Å². The van der Waals surface area contributed by atoms with Gasteiger partial charge < -0.3 is 20.9 Å². The maximum absolute atomic E-state index is 13.2. The number of hydrogen-bond acceptors (Lipinski definition) is 4. The van der Waals surface area contributed by atoms with Crippen molar-refractivity contribution in [2.75, 3.05) is 30.8 Å². The van der Waals surface area contributed by atoms with Crippen LogP contribution < -0.4 is 11.1 Å². The fraction of sp³-hybridized carbons (Fsp3) is 0.455. The second-order valence-electron chi connectivity index (χ2n) is 4.23. The van der Waals surface area contributed by atoms with Crippen LogP contribution in [0.3, 0.4) is 0 Å². The Morgan fingerprint density at radius 2 is 2.35 bits per heavy atom. The molecule has 4 N–H and O–H groups in total. The van der Waals surface area contributed by atoms with Crippen LogP contribution in [0.2, 0.25) is 5.02 Å². The molecule has 0 saturated carbocycles. The van der Waals surface area contributed by atoms with Crippen LogP contribution in [-0.2, 0) is 4.74 Å². The van der Waals surface area contributed by atoms with Crippen molar-refractivity contribution in [3.05, 3.63) is 23.0 Å². The summed E-state index contributed by atoms with van der Waals surface area (Å²) >= 11 is 5.59. The first-order valence-corrected chi connectivity index (χ1v) is 5.66. The SMILES string of the molecule is Nc1cc(Cl)c(F)cc1NCC1(O)CCOC1. The van der Waals surface area contributed by atoms with Gasteiger partial charge in [0.05, 0.1) is 23.0 Å². The molecular weight excluding hydrogens is 247 g/mol. The van der Waals surface area contributed by atoms with Crippen molar-refractivity contribution in [1.82, 2.24) is 0 Å². The van der Waals surface area contributed by atoms with Gasteiger partial charge in [-0.25, -0.2) is 4.39 Å². The van der Waals surface area contributed by atoms with Gasteiger partial charge in [-0.05, 0) is 6.07 Å². The smallest absolute Gasteiger partial charge is 0.143 e. The van der Waals surface area contributed by atoms with E-state index in [-0.39, 0.29) is 18.2 Å². The van der Waals surface area contributed by atoms with Crippen LogP contribution in [0, 0.1) is 5.82 Å². The van der Waals surface area contributed by atoms with Gasteiger partial charge >= 0.3 is 0 Å². The molecule has 1 atom stereocenters. The fourth-order valence-corrected chi connectivity index (χ4v) is 1.88. The van der Waals surface area contributed by atoms with E-state index in [1.165, 1.54) is 12.1 Å². The van der Waals surface area contributed by atoms with Gasteiger partial charge in [-0.1, -0.05) is 11.6 Å². The Bertz CT molecular complexity index is 422. The van der Waals surface area contributed by atoms with E-state index in [0.29, 0.717) is 24.4 Å². The van der Waals surface area contributed by atoms with Crippen molar-refractivity contribution in [1.29, 1.82) is 0 Å². The van der Waals surface area contributed by atoms with Gasteiger partial charge in [-0.3, -0.25) is 0 Å². The van der Waals surface area contributed by atoms with Gasteiger partial charge in [-0.15, -0.1) is 0 Å². The third-order valence-corrected chi connectivity index (χ3v) is 3.07. The summed E-state index contributed by atoms with van der Waals surface area (Å²) in [4.78, 5) is 0. The number of nitrogen functional groups attached to an aromatic ring is 1. The molecule has 1 aromatic rings. The molecule has 1 unspecified atom stereocenters. The topological polar surface area (TPSA) is 67.5 Å². The zero-order valence-corrected chi connectivity index (χ0v) is 9.93. The van der Waals surface area contributed by atoms with Crippen LogP contribution in [0.15, 0.2) is 12.1 Å². The minimum absolute atomic E-state index is 0.0176. The summed E-state index contributed by atoms with van der Waals surface area (Å²) in [6.07, 6.45) is 0.552. The van der Waals surface area contributed by atoms with Crippen LogP contribution in [0.1, 0.15) is 6.42 Å². The lowest BCUT2D eigenvalue weighted by molar-refractivity contribution is 0.0382. The van der Waals surface area contributed by atoms with Crippen molar-refractivity contribution in [3.8, 4) is 0 Å². The molecule has 0 bridgehead atoms. The van der Waals surface area contributed by atoms with Gasteiger partial charge in [0.25, 0.3) is 0 Å². The zero-order valence-electron chi connectivity index (χ0n) is 9.17. The van der Waals surface area contributed by atoms with Crippen molar-refractivity contribution in [2.45, 2.75) is 12.0 Å². The van der Waals surface area contributed by atoms with Crippen LogP contribution in [0.4, 0.5) is 15.8 Å². The summed E-state index contributed by atoms with van der Waals surface area (Å²) in [5.41, 5.74) is 5.55. The quantitative estimate of drug-likeness (QED) is 0.723. The van der Waals surface area contributed by atoms with E-state index in [9.17, 15) is 9.50 Å². The highest BCUT2D eigenvalue weighted by molar-refractivity contribution is 6.31. The predicted octanol–water partition coefficient (Wildman–Crippen LogP) is 1.62. The van der Waals surface area contributed by atoms with Crippen LogP contribution >= 0.6 is 11.6 Å². The van der Waals surface area contributed by atoms with E-state index in [0.717, 1.165) is 0 Å². The Labute approximate surface area is 104 Å². The molecule has 0 amide bonds. The highest BCUT2D eigenvalue weighted by Crippen LogP contribution is 2.27. The lowest BCUT2D eigenvalue weighted by atomic mass is 10.0. The number of rotatable bonds is 3. The molecule has 17 heavy (non-hydrogen) atoms. The first-order chi connectivity index (χ1) is 8.00. The van der Waals surface area contributed by atoms with Crippen molar-refractivity contribution in [3.63, 3.8) is 0 Å². The standard InChI is InChI=1S/C11H14ClFN2O2/c12-7-3-9(14)10(4-8(7)13)15-5-11(16)1-2-17-6-11/h3-4,15-16H,1-2,5-6,14H2. The summed E-state index contributed by atoms with van der Waals surface area (Å²) in [7, 11) is 0. The van der Waals surface area contributed by atoms with Crippen molar-refractivity contribution >= 4 is 23.0 Å². The van der Waals surface area contributed by atoms with Gasteiger partial charge in [0, 0.05) is 25.6 Å². The number of nitrogens with two attached hydrogens (primary N) is 1.